The van der Waals surface area contributed by atoms with Crippen molar-refractivity contribution in [1.82, 2.24) is 10.2 Å². The highest BCUT2D eigenvalue weighted by molar-refractivity contribution is 6.16. The summed E-state index contributed by atoms with van der Waals surface area (Å²) in [6.07, 6.45) is 7.31. The van der Waals surface area contributed by atoms with Gasteiger partial charge in [-0.1, -0.05) is 45.2 Å². The van der Waals surface area contributed by atoms with E-state index in [-0.39, 0.29) is 30.4 Å². The number of carbonyl (C=O) groups excluding carboxylic acids is 3. The summed E-state index contributed by atoms with van der Waals surface area (Å²) < 4.78 is 10.5. The lowest BCUT2D eigenvalue weighted by atomic mass is 9.95. The highest BCUT2D eigenvalue weighted by atomic mass is 16.5. The molecule has 0 radical (unpaired) electrons. The summed E-state index contributed by atoms with van der Waals surface area (Å²) in [5.74, 6) is -0.0224. The van der Waals surface area contributed by atoms with Crippen LogP contribution in [0.25, 0.3) is 6.08 Å². The number of rotatable bonds is 8. The Morgan fingerprint density at radius 2 is 1.82 bits per heavy atom. The van der Waals surface area contributed by atoms with Crippen LogP contribution in [0, 0.1) is 5.92 Å². The van der Waals surface area contributed by atoms with E-state index in [9.17, 15) is 14.4 Å². The fraction of sp³-hybridized carbons (Fsp3) is 0.500. The van der Waals surface area contributed by atoms with Crippen molar-refractivity contribution in [3.8, 4) is 5.75 Å². The molecule has 7 nitrogen and oxygen atoms in total. The Bertz CT molecular complexity index is 940. The Morgan fingerprint density at radius 1 is 1.15 bits per heavy atom. The molecule has 0 spiro atoms. The van der Waals surface area contributed by atoms with Gasteiger partial charge >= 0.3 is 5.97 Å². The molecule has 0 saturated heterocycles. The molecule has 1 aliphatic heterocycles. The molecule has 1 heterocycles. The standard InChI is InChI=1S/C26H34N2O5/c1-17(2)15-28-18(3)24(26(31)32-4)22(25(28)30)14-19-10-12-21(13-11-19)33-16-23(29)27-20-8-6-5-7-9-20/h10-14,17,20H,5-9,15-16H2,1-4H3,(H,27,29)/b22-14-. The zero-order valence-electron chi connectivity index (χ0n) is 20.0. The molecule has 1 aromatic rings. The SMILES string of the molecule is COC(=O)C1=C(C)N(CC(C)C)C(=O)/C1=C\c1ccc(OCC(=O)NC2CCCCC2)cc1. The average Bonchev–Trinajstić information content (AvgIpc) is 3.02. The van der Waals surface area contributed by atoms with Crippen LogP contribution in [0.1, 0.15) is 58.4 Å². The molecule has 0 unspecified atom stereocenters. The quantitative estimate of drug-likeness (QED) is 0.477. The van der Waals surface area contributed by atoms with Crippen molar-refractivity contribution in [3.63, 3.8) is 0 Å². The van der Waals surface area contributed by atoms with Gasteiger partial charge in [-0.05, 0) is 49.5 Å². The molecule has 1 fully saturated rings. The van der Waals surface area contributed by atoms with E-state index in [0.29, 0.717) is 29.1 Å². The summed E-state index contributed by atoms with van der Waals surface area (Å²) in [7, 11) is 1.31. The summed E-state index contributed by atoms with van der Waals surface area (Å²) in [4.78, 5) is 39.2. The number of allylic oxidation sites excluding steroid dienone is 1. The number of ether oxygens (including phenoxy) is 2. The molecule has 1 saturated carbocycles. The first-order chi connectivity index (χ1) is 15.8. The van der Waals surface area contributed by atoms with E-state index < -0.39 is 5.97 Å². The van der Waals surface area contributed by atoms with Gasteiger partial charge in [-0.25, -0.2) is 4.79 Å². The molecule has 178 valence electrons. The van der Waals surface area contributed by atoms with Crippen LogP contribution in [-0.4, -0.2) is 49.0 Å². The molecular weight excluding hydrogens is 420 g/mol. The minimum atomic E-state index is -0.526. The topological polar surface area (TPSA) is 84.9 Å². The van der Waals surface area contributed by atoms with Gasteiger partial charge in [0.15, 0.2) is 6.61 Å². The first-order valence-electron chi connectivity index (χ1n) is 11.7. The number of benzene rings is 1. The third-order valence-electron chi connectivity index (χ3n) is 5.98. The molecule has 7 heteroatoms. The van der Waals surface area contributed by atoms with E-state index in [1.807, 2.05) is 13.8 Å². The van der Waals surface area contributed by atoms with Crippen molar-refractivity contribution in [2.24, 2.45) is 5.92 Å². The molecule has 0 bridgehead atoms. The van der Waals surface area contributed by atoms with Crippen molar-refractivity contribution >= 4 is 23.9 Å². The zero-order valence-corrected chi connectivity index (χ0v) is 20.0. The van der Waals surface area contributed by atoms with Crippen molar-refractivity contribution < 1.29 is 23.9 Å². The molecule has 33 heavy (non-hydrogen) atoms. The lowest BCUT2D eigenvalue weighted by Gasteiger charge is -2.22. The molecule has 1 aromatic carbocycles. The molecule has 2 amide bonds. The van der Waals surface area contributed by atoms with Gasteiger partial charge in [-0.2, -0.15) is 0 Å². The smallest absolute Gasteiger partial charge is 0.340 e. The Morgan fingerprint density at radius 3 is 2.42 bits per heavy atom. The third-order valence-corrected chi connectivity index (χ3v) is 5.98. The average molecular weight is 455 g/mol. The second kappa shape index (κ2) is 11.2. The summed E-state index contributed by atoms with van der Waals surface area (Å²) in [5.41, 5.74) is 1.97. The van der Waals surface area contributed by atoms with Gasteiger partial charge in [0.2, 0.25) is 0 Å². The number of amides is 2. The van der Waals surface area contributed by atoms with Gasteiger partial charge in [0.05, 0.1) is 18.3 Å². The van der Waals surface area contributed by atoms with Gasteiger partial charge in [-0.3, -0.25) is 9.59 Å². The van der Waals surface area contributed by atoms with Crippen molar-refractivity contribution in [1.29, 1.82) is 0 Å². The number of nitrogens with zero attached hydrogens (tertiary/aromatic N) is 1. The van der Waals surface area contributed by atoms with Crippen LogP contribution in [0.4, 0.5) is 0 Å². The maximum Gasteiger partial charge on any atom is 0.340 e. The Hall–Kier alpha value is -3.09. The van der Waals surface area contributed by atoms with Gasteiger partial charge in [0, 0.05) is 18.3 Å². The van der Waals surface area contributed by atoms with Crippen molar-refractivity contribution in [3.05, 3.63) is 46.7 Å². The van der Waals surface area contributed by atoms with Crippen LogP contribution in [0.3, 0.4) is 0 Å². The lowest BCUT2D eigenvalue weighted by molar-refractivity contribution is -0.136. The number of esters is 1. The highest BCUT2D eigenvalue weighted by Crippen LogP contribution is 2.32. The Labute approximate surface area is 195 Å². The van der Waals surface area contributed by atoms with E-state index in [0.717, 1.165) is 31.2 Å². The van der Waals surface area contributed by atoms with E-state index in [1.54, 1.807) is 42.2 Å². The predicted octanol–water partition coefficient (Wildman–Crippen LogP) is 3.84. The number of methoxy groups -OCH3 is 1. The van der Waals surface area contributed by atoms with Crippen molar-refractivity contribution in [2.45, 2.75) is 58.9 Å². The minimum absolute atomic E-state index is 0.0337. The highest BCUT2D eigenvalue weighted by Gasteiger charge is 2.37. The fourth-order valence-corrected chi connectivity index (χ4v) is 4.31. The van der Waals surface area contributed by atoms with Gasteiger partial charge < -0.3 is 19.7 Å². The number of hydrogen-bond acceptors (Lipinski definition) is 5. The van der Waals surface area contributed by atoms with Gasteiger partial charge in [-0.15, -0.1) is 0 Å². The molecule has 2 aliphatic rings. The summed E-state index contributed by atoms with van der Waals surface area (Å²) >= 11 is 0. The normalized spacial score (nSPS) is 18.3. The van der Waals surface area contributed by atoms with E-state index in [1.165, 1.54) is 13.5 Å². The van der Waals surface area contributed by atoms with E-state index in [4.69, 9.17) is 9.47 Å². The number of hydrogen-bond donors (Lipinski definition) is 1. The largest absolute Gasteiger partial charge is 0.484 e. The van der Waals surface area contributed by atoms with E-state index in [2.05, 4.69) is 5.32 Å². The van der Waals surface area contributed by atoms with Crippen LogP contribution in [0.2, 0.25) is 0 Å². The van der Waals surface area contributed by atoms with Crippen LogP contribution in [0.15, 0.2) is 41.1 Å². The number of carbonyl (C=O) groups is 3. The first-order valence-corrected chi connectivity index (χ1v) is 11.7. The van der Waals surface area contributed by atoms with Crippen LogP contribution in [0.5, 0.6) is 5.75 Å². The second-order valence-corrected chi connectivity index (χ2v) is 9.08. The molecular formula is C26H34N2O5. The van der Waals surface area contributed by atoms with Gasteiger partial charge in [0.25, 0.3) is 11.8 Å². The second-order valence-electron chi connectivity index (χ2n) is 9.08. The maximum absolute atomic E-state index is 13.0. The summed E-state index contributed by atoms with van der Waals surface area (Å²) in [5, 5.41) is 3.03. The molecule has 3 rings (SSSR count). The van der Waals surface area contributed by atoms with E-state index >= 15 is 0 Å². The van der Waals surface area contributed by atoms with Crippen molar-refractivity contribution in [2.75, 3.05) is 20.3 Å². The maximum atomic E-state index is 13.0. The third kappa shape index (κ3) is 6.24. The lowest BCUT2D eigenvalue weighted by Crippen LogP contribution is -2.38. The van der Waals surface area contributed by atoms with Crippen LogP contribution < -0.4 is 10.1 Å². The minimum Gasteiger partial charge on any atom is -0.484 e. The van der Waals surface area contributed by atoms with Crippen LogP contribution in [-0.2, 0) is 19.1 Å². The van der Waals surface area contributed by atoms with Gasteiger partial charge in [0.1, 0.15) is 5.75 Å². The summed E-state index contributed by atoms with van der Waals surface area (Å²) in [6, 6.07) is 7.34. The summed E-state index contributed by atoms with van der Waals surface area (Å²) in [6.45, 7) is 6.30. The Kier molecular flexibility index (Phi) is 8.31. The monoisotopic (exact) mass is 454 g/mol. The zero-order chi connectivity index (χ0) is 24.0. The molecule has 1 aliphatic carbocycles. The predicted molar refractivity (Wildman–Crippen MR) is 126 cm³/mol. The molecule has 0 aromatic heterocycles. The Balaban J connectivity index is 1.67. The first kappa shape index (κ1) is 24.6. The van der Waals surface area contributed by atoms with Crippen LogP contribution >= 0.6 is 0 Å². The molecule has 0 atom stereocenters. The molecule has 1 N–H and O–H groups in total. The fourth-order valence-electron chi connectivity index (χ4n) is 4.31. The number of nitrogens with one attached hydrogen (secondary N) is 1.